The predicted octanol–water partition coefficient (Wildman–Crippen LogP) is 3.66. The summed E-state index contributed by atoms with van der Waals surface area (Å²) in [5.74, 6) is 1.74. The zero-order valence-electron chi connectivity index (χ0n) is 20.4. The minimum atomic E-state index is -0.247. The molecule has 4 N–H and O–H groups in total. The third-order valence-electron chi connectivity index (χ3n) is 6.94. The summed E-state index contributed by atoms with van der Waals surface area (Å²) in [6, 6.07) is 13.5. The van der Waals surface area contributed by atoms with Crippen molar-refractivity contribution in [2.24, 2.45) is 5.92 Å². The minimum Gasteiger partial charge on any atom is -0.343 e. The average Bonchev–Trinajstić information content (AvgIpc) is 3.53. The van der Waals surface area contributed by atoms with Crippen molar-refractivity contribution in [1.29, 1.82) is 0 Å². The number of hydrogen-bond acceptors (Lipinski definition) is 7. The molecule has 1 aliphatic rings. The van der Waals surface area contributed by atoms with Gasteiger partial charge in [0.2, 0.25) is 11.9 Å². The first-order chi connectivity index (χ1) is 18.0. The summed E-state index contributed by atoms with van der Waals surface area (Å²) in [5.41, 5.74) is 3.92. The van der Waals surface area contributed by atoms with E-state index in [1.807, 2.05) is 47.5 Å². The van der Waals surface area contributed by atoms with Crippen LogP contribution in [0.15, 0.2) is 59.7 Å². The fraction of sp³-hybridized carbons (Fsp3) is 0.269. The van der Waals surface area contributed by atoms with Gasteiger partial charge in [0.1, 0.15) is 5.82 Å². The molecule has 1 fully saturated rings. The Hall–Kier alpha value is -4.67. The minimum absolute atomic E-state index is 0.131. The first kappa shape index (κ1) is 22.8. The maximum absolute atomic E-state index is 11.8. The lowest BCUT2D eigenvalue weighted by Gasteiger charge is -2.35. The first-order valence-corrected chi connectivity index (χ1v) is 12.3. The van der Waals surface area contributed by atoms with Crippen molar-refractivity contribution in [2.75, 3.05) is 29.9 Å². The molecule has 0 bridgehead atoms. The molecule has 0 radical (unpaired) electrons. The molecule has 2 aromatic carbocycles. The Bertz CT molecular complexity index is 1630. The highest BCUT2D eigenvalue weighted by atomic mass is 16.2. The lowest BCUT2D eigenvalue weighted by Crippen LogP contribution is -2.40. The zero-order chi connectivity index (χ0) is 25.4. The molecule has 1 saturated heterocycles. The van der Waals surface area contributed by atoms with E-state index in [4.69, 9.17) is 4.98 Å². The number of nitrogens with one attached hydrogen (secondary N) is 4. The van der Waals surface area contributed by atoms with Crippen molar-refractivity contribution in [3.8, 4) is 0 Å². The Morgan fingerprint density at radius 3 is 2.78 bits per heavy atom. The Labute approximate surface area is 211 Å². The summed E-state index contributed by atoms with van der Waals surface area (Å²) < 4.78 is 0. The standard InChI is InChI=1S/C26H27N9O2/c1-16(36)34-11-8-17(9-12-34)15-35(23-4-2-3-20-19(23)14-28-33-20)24-7-10-27-25(32-24)29-18-5-6-21-22(13-18)31-26(37)30-21/h2-7,10,13-14,17H,8-9,11-12,15H2,1H3,(H,28,33)(H,27,29,32)(H2,30,31,37). The van der Waals surface area contributed by atoms with Gasteiger partial charge in [0.25, 0.3) is 0 Å². The van der Waals surface area contributed by atoms with Gasteiger partial charge in [-0.3, -0.25) is 9.89 Å². The number of rotatable bonds is 6. The molecule has 188 valence electrons. The number of aromatic amines is 3. The van der Waals surface area contributed by atoms with Crippen molar-refractivity contribution in [3.63, 3.8) is 0 Å². The number of anilines is 4. The quantitative estimate of drug-likeness (QED) is 0.281. The van der Waals surface area contributed by atoms with E-state index in [1.165, 1.54) is 0 Å². The molecular weight excluding hydrogens is 470 g/mol. The molecule has 0 spiro atoms. The van der Waals surface area contributed by atoms with Crippen LogP contribution >= 0.6 is 0 Å². The summed E-state index contributed by atoms with van der Waals surface area (Å²) in [4.78, 5) is 42.4. The van der Waals surface area contributed by atoms with Crippen LogP contribution < -0.4 is 15.9 Å². The lowest BCUT2D eigenvalue weighted by atomic mass is 9.95. The predicted molar refractivity (Wildman–Crippen MR) is 142 cm³/mol. The summed E-state index contributed by atoms with van der Waals surface area (Å²) in [5, 5.41) is 11.6. The van der Waals surface area contributed by atoms with Gasteiger partial charge in [-0.1, -0.05) is 6.07 Å². The highest BCUT2D eigenvalue weighted by Gasteiger charge is 2.25. The monoisotopic (exact) mass is 497 g/mol. The number of benzene rings is 2. The van der Waals surface area contributed by atoms with Crippen LogP contribution in [0, 0.1) is 5.92 Å². The van der Waals surface area contributed by atoms with Crippen LogP contribution in [0.5, 0.6) is 0 Å². The molecular formula is C26H27N9O2. The van der Waals surface area contributed by atoms with Gasteiger partial charge in [-0.25, -0.2) is 9.78 Å². The smallest absolute Gasteiger partial charge is 0.323 e. The second kappa shape index (κ2) is 9.41. The molecule has 5 aromatic rings. The molecule has 1 amide bonds. The number of piperidine rings is 1. The van der Waals surface area contributed by atoms with E-state index in [1.54, 1.807) is 13.1 Å². The van der Waals surface area contributed by atoms with Gasteiger partial charge in [0.05, 0.1) is 28.4 Å². The van der Waals surface area contributed by atoms with E-state index in [-0.39, 0.29) is 11.6 Å². The SMILES string of the molecule is CC(=O)N1CCC(CN(c2ccnc(Nc3ccc4[nH]c(=O)[nH]c4c3)n2)c2cccc3[nH]ncc23)CC1. The fourth-order valence-corrected chi connectivity index (χ4v) is 4.99. The number of nitrogens with zero attached hydrogens (tertiary/aromatic N) is 5. The maximum atomic E-state index is 11.8. The van der Waals surface area contributed by atoms with Crippen LogP contribution in [0.2, 0.25) is 0 Å². The normalized spacial score (nSPS) is 14.4. The van der Waals surface area contributed by atoms with E-state index >= 15 is 0 Å². The van der Waals surface area contributed by atoms with Crippen LogP contribution in [-0.2, 0) is 4.79 Å². The Morgan fingerprint density at radius 1 is 1.11 bits per heavy atom. The van der Waals surface area contributed by atoms with Crippen LogP contribution in [0.25, 0.3) is 21.9 Å². The molecule has 0 saturated carbocycles. The van der Waals surface area contributed by atoms with Crippen molar-refractivity contribution in [3.05, 3.63) is 65.3 Å². The van der Waals surface area contributed by atoms with Gasteiger partial charge in [-0.2, -0.15) is 10.1 Å². The maximum Gasteiger partial charge on any atom is 0.323 e. The molecule has 0 unspecified atom stereocenters. The highest BCUT2D eigenvalue weighted by Crippen LogP contribution is 2.33. The van der Waals surface area contributed by atoms with E-state index in [9.17, 15) is 9.59 Å². The summed E-state index contributed by atoms with van der Waals surface area (Å²) in [6.45, 7) is 3.92. The number of hydrogen-bond donors (Lipinski definition) is 4. The van der Waals surface area contributed by atoms with Gasteiger partial charge in [0, 0.05) is 43.8 Å². The Kier molecular flexibility index (Phi) is 5.79. The van der Waals surface area contributed by atoms with Gasteiger partial charge in [-0.05, 0) is 55.2 Å². The second-order valence-corrected chi connectivity index (χ2v) is 9.37. The number of fused-ring (bicyclic) bond motifs is 2. The zero-order valence-corrected chi connectivity index (χ0v) is 20.4. The number of H-pyrrole nitrogens is 3. The summed E-state index contributed by atoms with van der Waals surface area (Å²) >= 11 is 0. The molecule has 1 aliphatic heterocycles. The summed E-state index contributed by atoms with van der Waals surface area (Å²) in [6.07, 6.45) is 5.44. The number of imidazole rings is 1. The Balaban J connectivity index is 1.32. The van der Waals surface area contributed by atoms with Gasteiger partial charge in [-0.15, -0.1) is 0 Å². The average molecular weight is 498 g/mol. The van der Waals surface area contributed by atoms with Crippen molar-refractivity contribution >= 4 is 51.0 Å². The number of likely N-dealkylation sites (tertiary alicyclic amines) is 1. The van der Waals surface area contributed by atoms with Crippen LogP contribution in [0.3, 0.4) is 0 Å². The molecule has 11 nitrogen and oxygen atoms in total. The fourth-order valence-electron chi connectivity index (χ4n) is 4.99. The first-order valence-electron chi connectivity index (χ1n) is 12.3. The second-order valence-electron chi connectivity index (χ2n) is 9.37. The van der Waals surface area contributed by atoms with Crippen LogP contribution in [0.1, 0.15) is 19.8 Å². The lowest BCUT2D eigenvalue weighted by molar-refractivity contribution is -0.130. The number of carbonyl (C=O) groups is 1. The summed E-state index contributed by atoms with van der Waals surface area (Å²) in [7, 11) is 0. The van der Waals surface area contributed by atoms with E-state index < -0.39 is 0 Å². The number of carbonyl (C=O) groups excluding carboxylic acids is 1. The van der Waals surface area contributed by atoms with Gasteiger partial charge >= 0.3 is 5.69 Å². The van der Waals surface area contributed by atoms with Crippen molar-refractivity contribution in [1.82, 2.24) is 35.0 Å². The molecule has 0 aliphatic carbocycles. The van der Waals surface area contributed by atoms with E-state index in [2.05, 4.69) is 41.4 Å². The number of amides is 1. The van der Waals surface area contributed by atoms with E-state index in [0.29, 0.717) is 17.4 Å². The molecule has 11 heteroatoms. The van der Waals surface area contributed by atoms with Crippen molar-refractivity contribution in [2.45, 2.75) is 19.8 Å². The molecule has 6 rings (SSSR count). The van der Waals surface area contributed by atoms with Crippen LogP contribution in [-0.4, -0.2) is 60.6 Å². The number of aromatic nitrogens is 6. The van der Waals surface area contributed by atoms with Gasteiger partial charge in [0.15, 0.2) is 0 Å². The molecule has 3 aromatic heterocycles. The molecule has 0 atom stereocenters. The molecule has 37 heavy (non-hydrogen) atoms. The van der Waals surface area contributed by atoms with Crippen LogP contribution in [0.4, 0.5) is 23.1 Å². The highest BCUT2D eigenvalue weighted by molar-refractivity contribution is 5.93. The Morgan fingerprint density at radius 2 is 1.95 bits per heavy atom. The van der Waals surface area contributed by atoms with Crippen molar-refractivity contribution < 1.29 is 4.79 Å². The topological polar surface area (TPSA) is 139 Å². The third kappa shape index (κ3) is 4.63. The largest absolute Gasteiger partial charge is 0.343 e. The van der Waals surface area contributed by atoms with E-state index in [0.717, 1.165) is 66.1 Å². The van der Waals surface area contributed by atoms with Gasteiger partial charge < -0.3 is 25.1 Å². The third-order valence-corrected chi connectivity index (χ3v) is 6.94. The molecule has 4 heterocycles.